The second-order valence-electron chi connectivity index (χ2n) is 2.33. The molecule has 0 heterocycles. The van der Waals surface area contributed by atoms with Crippen LogP contribution >= 0.6 is 11.6 Å². The van der Waals surface area contributed by atoms with E-state index in [1.165, 1.54) is 12.1 Å². The molecular formula is C9H10ClFO2. The zero-order chi connectivity index (χ0) is 9.68. The Labute approximate surface area is 81.2 Å². The van der Waals surface area contributed by atoms with Gasteiger partial charge in [0.05, 0.1) is 5.02 Å². The predicted molar refractivity (Wildman–Crippen MR) is 48.5 cm³/mol. The van der Waals surface area contributed by atoms with Gasteiger partial charge in [0.2, 0.25) is 0 Å². The Bertz CT molecular complexity index is 278. The minimum absolute atomic E-state index is 0.0868. The monoisotopic (exact) mass is 204 g/mol. The smallest absolute Gasteiger partial charge is 0.189 e. The van der Waals surface area contributed by atoms with Crippen molar-refractivity contribution in [1.82, 2.24) is 0 Å². The second kappa shape index (κ2) is 5.04. The van der Waals surface area contributed by atoms with Crippen molar-refractivity contribution in [1.29, 1.82) is 0 Å². The van der Waals surface area contributed by atoms with Crippen LogP contribution in [0.3, 0.4) is 0 Å². The van der Waals surface area contributed by atoms with E-state index in [2.05, 4.69) is 0 Å². The Hall–Kier alpha value is -0.800. The first-order chi connectivity index (χ1) is 6.24. The highest BCUT2D eigenvalue weighted by Gasteiger charge is 2.00. The van der Waals surface area contributed by atoms with Gasteiger partial charge in [-0.1, -0.05) is 11.6 Å². The van der Waals surface area contributed by atoms with E-state index in [1.807, 2.05) is 6.92 Å². The van der Waals surface area contributed by atoms with E-state index in [9.17, 15) is 4.39 Å². The first-order valence-corrected chi connectivity index (χ1v) is 4.27. The van der Waals surface area contributed by atoms with E-state index in [0.29, 0.717) is 12.4 Å². The molecule has 0 spiro atoms. The van der Waals surface area contributed by atoms with Gasteiger partial charge in [-0.25, -0.2) is 4.39 Å². The van der Waals surface area contributed by atoms with Crippen LogP contribution in [0.25, 0.3) is 0 Å². The first kappa shape index (κ1) is 10.3. The third-order valence-electron chi connectivity index (χ3n) is 1.40. The summed E-state index contributed by atoms with van der Waals surface area (Å²) in [6.45, 7) is 2.54. The van der Waals surface area contributed by atoms with Crippen molar-refractivity contribution in [2.24, 2.45) is 0 Å². The van der Waals surface area contributed by atoms with E-state index in [1.54, 1.807) is 6.07 Å². The van der Waals surface area contributed by atoms with Gasteiger partial charge in [-0.15, -0.1) is 0 Å². The summed E-state index contributed by atoms with van der Waals surface area (Å²) in [5.41, 5.74) is 0. The van der Waals surface area contributed by atoms with Gasteiger partial charge in [0.1, 0.15) is 11.6 Å². The zero-order valence-corrected chi connectivity index (χ0v) is 7.97. The fourth-order valence-electron chi connectivity index (χ4n) is 0.760. The zero-order valence-electron chi connectivity index (χ0n) is 7.22. The maximum Gasteiger partial charge on any atom is 0.189 e. The molecule has 1 aromatic carbocycles. The van der Waals surface area contributed by atoms with Crippen molar-refractivity contribution < 1.29 is 13.9 Å². The normalized spacial score (nSPS) is 10.1. The lowest BCUT2D eigenvalue weighted by atomic mass is 10.3. The molecule has 0 aliphatic rings. The summed E-state index contributed by atoms with van der Waals surface area (Å²) >= 11 is 5.48. The number of ether oxygens (including phenoxy) is 2. The van der Waals surface area contributed by atoms with Crippen molar-refractivity contribution in [3.05, 3.63) is 29.0 Å². The molecule has 0 aliphatic heterocycles. The first-order valence-electron chi connectivity index (χ1n) is 3.89. The Morgan fingerprint density at radius 1 is 1.46 bits per heavy atom. The molecule has 0 fully saturated rings. The van der Waals surface area contributed by atoms with E-state index in [0.717, 1.165) is 0 Å². The van der Waals surface area contributed by atoms with Gasteiger partial charge in [0.15, 0.2) is 6.79 Å². The van der Waals surface area contributed by atoms with Crippen LogP contribution in [0.15, 0.2) is 18.2 Å². The lowest BCUT2D eigenvalue weighted by molar-refractivity contribution is 0.0222. The standard InChI is InChI=1S/C9H10ClFO2/c1-2-12-6-13-7-3-4-8(10)9(11)5-7/h3-5H,2,6H2,1H3. The third-order valence-corrected chi connectivity index (χ3v) is 1.71. The average Bonchev–Trinajstić information content (AvgIpc) is 2.12. The molecule has 0 radical (unpaired) electrons. The second-order valence-corrected chi connectivity index (χ2v) is 2.74. The Morgan fingerprint density at radius 2 is 2.23 bits per heavy atom. The summed E-state index contributed by atoms with van der Waals surface area (Å²) < 4.78 is 22.8. The van der Waals surface area contributed by atoms with Gasteiger partial charge in [0.25, 0.3) is 0 Å². The third kappa shape index (κ3) is 3.20. The maximum absolute atomic E-state index is 12.8. The molecule has 72 valence electrons. The summed E-state index contributed by atoms with van der Waals surface area (Å²) in [5.74, 6) is -0.0778. The fraction of sp³-hybridized carbons (Fsp3) is 0.333. The van der Waals surface area contributed by atoms with Crippen LogP contribution in [0.2, 0.25) is 5.02 Å². The fourth-order valence-corrected chi connectivity index (χ4v) is 0.877. The van der Waals surface area contributed by atoms with E-state index in [-0.39, 0.29) is 11.8 Å². The van der Waals surface area contributed by atoms with Gasteiger partial charge >= 0.3 is 0 Å². The van der Waals surface area contributed by atoms with Crippen molar-refractivity contribution in [2.45, 2.75) is 6.92 Å². The topological polar surface area (TPSA) is 18.5 Å². The van der Waals surface area contributed by atoms with Crippen molar-refractivity contribution >= 4 is 11.6 Å². The maximum atomic E-state index is 12.8. The van der Waals surface area contributed by atoms with Crippen LogP contribution in [0.5, 0.6) is 5.75 Å². The molecule has 1 aromatic rings. The summed E-state index contributed by atoms with van der Waals surface area (Å²) in [7, 11) is 0. The van der Waals surface area contributed by atoms with Crippen LogP contribution < -0.4 is 4.74 Å². The SMILES string of the molecule is CCOCOc1ccc(Cl)c(F)c1. The Balaban J connectivity index is 2.53. The minimum Gasteiger partial charge on any atom is -0.467 e. The summed E-state index contributed by atoms with van der Waals surface area (Å²) in [6.07, 6.45) is 0. The Morgan fingerprint density at radius 3 is 2.85 bits per heavy atom. The molecule has 0 amide bonds. The lowest BCUT2D eigenvalue weighted by Gasteiger charge is -2.05. The molecule has 0 unspecified atom stereocenters. The van der Waals surface area contributed by atoms with E-state index >= 15 is 0 Å². The van der Waals surface area contributed by atoms with Crippen molar-refractivity contribution in [2.75, 3.05) is 13.4 Å². The summed E-state index contributed by atoms with van der Waals surface area (Å²) in [6, 6.07) is 4.25. The largest absolute Gasteiger partial charge is 0.467 e. The van der Waals surface area contributed by atoms with Gasteiger partial charge in [0, 0.05) is 12.7 Å². The van der Waals surface area contributed by atoms with Crippen LogP contribution in [0.4, 0.5) is 4.39 Å². The average molecular weight is 205 g/mol. The van der Waals surface area contributed by atoms with Crippen LogP contribution in [0, 0.1) is 5.82 Å². The van der Waals surface area contributed by atoms with Crippen molar-refractivity contribution in [3.63, 3.8) is 0 Å². The quantitative estimate of drug-likeness (QED) is 0.555. The highest BCUT2D eigenvalue weighted by Crippen LogP contribution is 2.20. The molecule has 0 aliphatic carbocycles. The molecule has 0 atom stereocenters. The highest BCUT2D eigenvalue weighted by atomic mass is 35.5. The van der Waals surface area contributed by atoms with Crippen LogP contribution in [-0.2, 0) is 4.74 Å². The molecular weight excluding hydrogens is 195 g/mol. The minimum atomic E-state index is -0.490. The van der Waals surface area contributed by atoms with Crippen LogP contribution in [0.1, 0.15) is 6.92 Å². The molecule has 4 heteroatoms. The lowest BCUT2D eigenvalue weighted by Crippen LogP contribution is -2.02. The highest BCUT2D eigenvalue weighted by molar-refractivity contribution is 6.30. The van der Waals surface area contributed by atoms with Crippen molar-refractivity contribution in [3.8, 4) is 5.75 Å². The molecule has 0 saturated heterocycles. The molecule has 0 bridgehead atoms. The molecule has 0 saturated carbocycles. The predicted octanol–water partition coefficient (Wildman–Crippen LogP) is 2.85. The van der Waals surface area contributed by atoms with Gasteiger partial charge in [-0.05, 0) is 19.1 Å². The molecule has 1 rings (SSSR count). The van der Waals surface area contributed by atoms with E-state index in [4.69, 9.17) is 21.1 Å². The number of halogens is 2. The number of hydrogen-bond donors (Lipinski definition) is 0. The molecule has 2 nitrogen and oxygen atoms in total. The van der Waals surface area contributed by atoms with Gasteiger partial charge in [-0.3, -0.25) is 0 Å². The molecule has 13 heavy (non-hydrogen) atoms. The Kier molecular flexibility index (Phi) is 3.99. The summed E-state index contributed by atoms with van der Waals surface area (Å²) in [5, 5.41) is 0.0868. The summed E-state index contributed by atoms with van der Waals surface area (Å²) in [4.78, 5) is 0. The number of hydrogen-bond acceptors (Lipinski definition) is 2. The number of benzene rings is 1. The number of rotatable bonds is 4. The van der Waals surface area contributed by atoms with E-state index < -0.39 is 5.82 Å². The van der Waals surface area contributed by atoms with Crippen LogP contribution in [-0.4, -0.2) is 13.4 Å². The van der Waals surface area contributed by atoms with Gasteiger partial charge in [-0.2, -0.15) is 0 Å². The van der Waals surface area contributed by atoms with Gasteiger partial charge < -0.3 is 9.47 Å². The molecule has 0 aromatic heterocycles. The molecule has 0 N–H and O–H groups in total.